The second kappa shape index (κ2) is 5.20. The number of hydrogen-bond donors (Lipinski definition) is 0. The molecule has 1 rings (SSSR count). The molecule has 0 bridgehead atoms. The minimum absolute atomic E-state index is 0.433. The fourth-order valence-corrected chi connectivity index (χ4v) is 1.59. The zero-order valence-electron chi connectivity index (χ0n) is 9.00. The van der Waals surface area contributed by atoms with Gasteiger partial charge in [0.15, 0.2) is 0 Å². The molecule has 0 saturated carbocycles. The van der Waals surface area contributed by atoms with Gasteiger partial charge in [-0.05, 0) is 38.5 Å². The summed E-state index contributed by atoms with van der Waals surface area (Å²) in [5, 5.41) is 0. The summed E-state index contributed by atoms with van der Waals surface area (Å²) in [6.45, 7) is 7.22. The second-order valence-corrected chi connectivity index (χ2v) is 4.05. The van der Waals surface area contributed by atoms with Gasteiger partial charge in [0.2, 0.25) is 0 Å². The highest BCUT2D eigenvalue weighted by atomic mass is 35.5. The molecule has 0 atom stereocenters. The third-order valence-electron chi connectivity index (χ3n) is 2.14. The van der Waals surface area contributed by atoms with E-state index in [0.717, 1.165) is 12.4 Å². The van der Waals surface area contributed by atoms with Gasteiger partial charge in [-0.1, -0.05) is 0 Å². The highest BCUT2D eigenvalue weighted by Gasteiger charge is 2.10. The van der Waals surface area contributed by atoms with Crippen LogP contribution < -0.4 is 4.90 Å². The van der Waals surface area contributed by atoms with Crippen molar-refractivity contribution in [2.24, 2.45) is 0 Å². The number of alkyl halides is 1. The second-order valence-electron chi connectivity index (χ2n) is 3.67. The van der Waals surface area contributed by atoms with Crippen LogP contribution in [0, 0.1) is 6.92 Å². The average molecular weight is 213 g/mol. The summed E-state index contributed by atoms with van der Waals surface area (Å²) in [5.74, 6) is 1.65. The van der Waals surface area contributed by atoms with E-state index in [4.69, 9.17) is 11.6 Å². The normalized spacial score (nSPS) is 10.6. The van der Waals surface area contributed by atoms with Gasteiger partial charge in [-0.2, -0.15) is 0 Å². The zero-order valence-corrected chi connectivity index (χ0v) is 9.75. The van der Waals surface area contributed by atoms with E-state index < -0.39 is 0 Å². The van der Waals surface area contributed by atoms with E-state index >= 15 is 0 Å². The Morgan fingerprint density at radius 3 is 2.71 bits per heavy atom. The Kier molecular flexibility index (Phi) is 4.21. The SMILES string of the molecule is Cc1ccnc(N(CCCl)C(C)C)c1. The van der Waals surface area contributed by atoms with E-state index in [2.05, 4.69) is 36.7 Å². The van der Waals surface area contributed by atoms with Gasteiger partial charge >= 0.3 is 0 Å². The molecule has 0 radical (unpaired) electrons. The minimum Gasteiger partial charge on any atom is -0.353 e. The van der Waals surface area contributed by atoms with Gasteiger partial charge in [-0.3, -0.25) is 0 Å². The molecule has 78 valence electrons. The number of anilines is 1. The van der Waals surface area contributed by atoms with Crippen LogP contribution in [-0.4, -0.2) is 23.5 Å². The molecule has 0 aromatic carbocycles. The first-order valence-corrected chi connectivity index (χ1v) is 5.44. The Hall–Kier alpha value is -0.760. The summed E-state index contributed by atoms with van der Waals surface area (Å²) in [4.78, 5) is 6.56. The lowest BCUT2D eigenvalue weighted by Gasteiger charge is -2.27. The van der Waals surface area contributed by atoms with E-state index in [1.165, 1.54) is 5.56 Å². The standard InChI is InChI=1S/C11H17ClN2/c1-9(2)14(7-5-12)11-8-10(3)4-6-13-11/h4,6,8-9H,5,7H2,1-3H3. The van der Waals surface area contributed by atoms with Gasteiger partial charge in [0.1, 0.15) is 5.82 Å². The van der Waals surface area contributed by atoms with Crippen LogP contribution in [0.2, 0.25) is 0 Å². The Labute approximate surface area is 90.9 Å². The largest absolute Gasteiger partial charge is 0.353 e. The zero-order chi connectivity index (χ0) is 10.6. The molecule has 1 aromatic rings. The summed E-state index contributed by atoms with van der Waals surface area (Å²) in [5.41, 5.74) is 1.23. The first kappa shape index (κ1) is 11.3. The molecule has 0 spiro atoms. The number of hydrogen-bond acceptors (Lipinski definition) is 2. The molecule has 0 N–H and O–H groups in total. The third-order valence-corrected chi connectivity index (χ3v) is 2.31. The van der Waals surface area contributed by atoms with Crippen LogP contribution in [0.3, 0.4) is 0 Å². The molecule has 0 unspecified atom stereocenters. The van der Waals surface area contributed by atoms with Crippen molar-refractivity contribution in [3.63, 3.8) is 0 Å². The van der Waals surface area contributed by atoms with Crippen molar-refractivity contribution in [2.75, 3.05) is 17.3 Å². The van der Waals surface area contributed by atoms with Crippen LogP contribution in [0.5, 0.6) is 0 Å². The number of aryl methyl sites for hydroxylation is 1. The molecule has 0 amide bonds. The maximum absolute atomic E-state index is 5.76. The van der Waals surface area contributed by atoms with Crippen molar-refractivity contribution in [2.45, 2.75) is 26.8 Å². The molecule has 0 fully saturated rings. The first-order valence-electron chi connectivity index (χ1n) is 4.90. The smallest absolute Gasteiger partial charge is 0.128 e. The predicted octanol–water partition coefficient (Wildman–Crippen LogP) is 2.84. The summed E-state index contributed by atoms with van der Waals surface area (Å²) < 4.78 is 0. The summed E-state index contributed by atoms with van der Waals surface area (Å²) in [7, 11) is 0. The summed E-state index contributed by atoms with van der Waals surface area (Å²) >= 11 is 5.76. The van der Waals surface area contributed by atoms with Crippen molar-refractivity contribution < 1.29 is 0 Å². The quantitative estimate of drug-likeness (QED) is 0.714. The number of halogens is 1. The first-order chi connectivity index (χ1) is 6.65. The Morgan fingerprint density at radius 2 is 2.21 bits per heavy atom. The van der Waals surface area contributed by atoms with Gasteiger partial charge in [-0.25, -0.2) is 4.98 Å². The number of rotatable bonds is 4. The van der Waals surface area contributed by atoms with Gasteiger partial charge in [0.05, 0.1) is 0 Å². The lowest BCUT2D eigenvalue weighted by Crippen LogP contribution is -2.33. The molecule has 3 heteroatoms. The number of pyridine rings is 1. The van der Waals surface area contributed by atoms with Crippen LogP contribution in [0.1, 0.15) is 19.4 Å². The van der Waals surface area contributed by atoms with Crippen LogP contribution in [0.25, 0.3) is 0 Å². The van der Waals surface area contributed by atoms with E-state index in [1.807, 2.05) is 12.3 Å². The maximum atomic E-state index is 5.76. The fourth-order valence-electron chi connectivity index (χ4n) is 1.41. The molecule has 0 saturated heterocycles. The van der Waals surface area contributed by atoms with Crippen LogP contribution in [-0.2, 0) is 0 Å². The number of aromatic nitrogens is 1. The van der Waals surface area contributed by atoms with Crippen LogP contribution >= 0.6 is 11.6 Å². The molecular formula is C11H17ClN2. The third kappa shape index (κ3) is 2.88. The molecule has 14 heavy (non-hydrogen) atoms. The molecule has 1 aromatic heterocycles. The van der Waals surface area contributed by atoms with Crippen molar-refractivity contribution in [1.82, 2.24) is 4.98 Å². The fraction of sp³-hybridized carbons (Fsp3) is 0.545. The molecule has 0 aliphatic carbocycles. The van der Waals surface area contributed by atoms with E-state index in [9.17, 15) is 0 Å². The van der Waals surface area contributed by atoms with Crippen LogP contribution in [0.15, 0.2) is 18.3 Å². The van der Waals surface area contributed by atoms with E-state index in [0.29, 0.717) is 11.9 Å². The number of nitrogens with zero attached hydrogens (tertiary/aromatic N) is 2. The van der Waals surface area contributed by atoms with Gasteiger partial charge in [0.25, 0.3) is 0 Å². The van der Waals surface area contributed by atoms with E-state index in [1.54, 1.807) is 0 Å². The summed E-state index contributed by atoms with van der Waals surface area (Å²) in [6.07, 6.45) is 1.84. The monoisotopic (exact) mass is 212 g/mol. The molecular weight excluding hydrogens is 196 g/mol. The molecule has 1 heterocycles. The maximum Gasteiger partial charge on any atom is 0.128 e. The van der Waals surface area contributed by atoms with Gasteiger partial charge in [-0.15, -0.1) is 11.6 Å². The Bertz CT molecular complexity index is 286. The summed E-state index contributed by atoms with van der Waals surface area (Å²) in [6, 6.07) is 4.53. The average Bonchev–Trinajstić information content (AvgIpc) is 2.13. The molecule has 0 aliphatic heterocycles. The highest BCUT2D eigenvalue weighted by molar-refractivity contribution is 6.18. The minimum atomic E-state index is 0.433. The Morgan fingerprint density at radius 1 is 1.50 bits per heavy atom. The predicted molar refractivity (Wildman–Crippen MR) is 62.2 cm³/mol. The van der Waals surface area contributed by atoms with E-state index in [-0.39, 0.29) is 0 Å². The highest BCUT2D eigenvalue weighted by Crippen LogP contribution is 2.14. The van der Waals surface area contributed by atoms with Crippen LogP contribution in [0.4, 0.5) is 5.82 Å². The molecule has 2 nitrogen and oxygen atoms in total. The van der Waals surface area contributed by atoms with Crippen molar-refractivity contribution in [1.29, 1.82) is 0 Å². The van der Waals surface area contributed by atoms with Crippen molar-refractivity contribution in [3.8, 4) is 0 Å². The molecule has 0 aliphatic rings. The van der Waals surface area contributed by atoms with Gasteiger partial charge < -0.3 is 4.90 Å². The van der Waals surface area contributed by atoms with Gasteiger partial charge in [0, 0.05) is 24.7 Å². The topological polar surface area (TPSA) is 16.1 Å². The van der Waals surface area contributed by atoms with Crippen molar-refractivity contribution >= 4 is 17.4 Å². The van der Waals surface area contributed by atoms with Crippen molar-refractivity contribution in [3.05, 3.63) is 23.9 Å². The Balaban J connectivity index is 2.87. The lowest BCUT2D eigenvalue weighted by atomic mass is 10.2. The lowest BCUT2D eigenvalue weighted by molar-refractivity contribution is 0.695.